The molecule has 1 fully saturated rings. The van der Waals surface area contributed by atoms with E-state index < -0.39 is 10.0 Å². The van der Waals surface area contributed by atoms with Crippen molar-refractivity contribution in [3.63, 3.8) is 0 Å². The predicted molar refractivity (Wildman–Crippen MR) is 194 cm³/mol. The molecule has 2 aromatic rings. The number of rotatable bonds is 18. The molecule has 2 heterocycles. The molecule has 1 saturated heterocycles. The smallest absolute Gasteiger partial charge is 0.250 e. The fraction of sp³-hybridized carbons (Fsp3) is 0.541. The van der Waals surface area contributed by atoms with Crippen LogP contribution in [0.5, 0.6) is 0 Å². The van der Waals surface area contributed by atoms with Crippen molar-refractivity contribution in [2.45, 2.75) is 83.1 Å². The molecular weight excluding hydrogens is 643 g/mol. The van der Waals surface area contributed by atoms with Crippen molar-refractivity contribution < 1.29 is 27.9 Å². The number of nitrogens with zero attached hydrogens (tertiary/aromatic N) is 3. The molecule has 4 N–H and O–H groups in total. The van der Waals surface area contributed by atoms with Gasteiger partial charge in [-0.05, 0) is 88.3 Å². The number of hydrogen-bond acceptors (Lipinski definition) is 8. The highest BCUT2D eigenvalue weighted by molar-refractivity contribution is 7.89. The Kier molecular flexibility index (Phi) is 13.6. The average Bonchev–Trinajstić information content (AvgIpc) is 3.21. The fourth-order valence-corrected chi connectivity index (χ4v) is 7.75. The minimum Gasteiger partial charge on any atom is -0.396 e. The standard InChI is InChI=1S/C37H53N5O6S/c1-5-18-41(19-9-7-8-17-39-35(44)15-16-37(3,4)48-6-2)36(45)31-20-30-14-13-29(22-33(30)40-34(38)23-31)28-11-10-12-32(21-28)49(46,47)42-24-27(25-42)26-43/h10-14,20-22,27,43H,5-9,15-19,23-26H2,1-4H3,(H2,38,40)(H,39,44). The van der Waals surface area contributed by atoms with Gasteiger partial charge in [-0.25, -0.2) is 13.4 Å². The Labute approximate surface area is 291 Å². The van der Waals surface area contributed by atoms with E-state index in [1.807, 2.05) is 62.9 Å². The third-order valence-electron chi connectivity index (χ3n) is 8.95. The maximum atomic E-state index is 13.8. The second kappa shape index (κ2) is 17.4. The van der Waals surface area contributed by atoms with Gasteiger partial charge in [0, 0.05) is 75.8 Å². The number of aliphatic hydroxyl groups excluding tert-OH is 1. The van der Waals surface area contributed by atoms with E-state index in [0.29, 0.717) is 69.3 Å². The lowest BCUT2D eigenvalue weighted by atomic mass is 10.0. The zero-order chi connectivity index (χ0) is 35.6. The van der Waals surface area contributed by atoms with Crippen LogP contribution in [0.25, 0.3) is 17.2 Å². The van der Waals surface area contributed by atoms with Gasteiger partial charge >= 0.3 is 0 Å². The Morgan fingerprint density at radius 3 is 2.55 bits per heavy atom. The number of sulfonamides is 1. The van der Waals surface area contributed by atoms with E-state index >= 15 is 0 Å². The van der Waals surface area contributed by atoms with Crippen molar-refractivity contribution in [2.75, 3.05) is 45.9 Å². The molecule has 12 heteroatoms. The van der Waals surface area contributed by atoms with E-state index in [2.05, 4.69) is 10.3 Å². The second-order valence-electron chi connectivity index (χ2n) is 13.5. The summed E-state index contributed by atoms with van der Waals surface area (Å²) in [6, 6.07) is 12.5. The maximum absolute atomic E-state index is 13.8. The van der Waals surface area contributed by atoms with Crippen LogP contribution in [0.15, 0.2) is 57.9 Å². The maximum Gasteiger partial charge on any atom is 0.250 e. The van der Waals surface area contributed by atoms with E-state index in [1.165, 1.54) is 4.31 Å². The monoisotopic (exact) mass is 695 g/mol. The Hall–Kier alpha value is -3.58. The number of nitrogens with two attached hydrogens (primary N) is 1. The van der Waals surface area contributed by atoms with E-state index in [9.17, 15) is 23.1 Å². The number of benzene rings is 2. The third-order valence-corrected chi connectivity index (χ3v) is 10.8. The van der Waals surface area contributed by atoms with Gasteiger partial charge in [-0.2, -0.15) is 4.31 Å². The molecule has 0 spiro atoms. The van der Waals surface area contributed by atoms with Gasteiger partial charge in [-0.3, -0.25) is 9.59 Å². The minimum atomic E-state index is -3.66. The number of unbranched alkanes of at least 4 members (excludes halogenated alkanes) is 2. The summed E-state index contributed by atoms with van der Waals surface area (Å²) in [6.45, 7) is 11.1. The molecule has 0 aromatic heterocycles. The van der Waals surface area contributed by atoms with E-state index in [4.69, 9.17) is 10.5 Å². The Morgan fingerprint density at radius 1 is 1.08 bits per heavy atom. The number of hydrogen-bond donors (Lipinski definition) is 3. The number of carbonyl (C=O) groups is 2. The van der Waals surface area contributed by atoms with Crippen LogP contribution in [0.3, 0.4) is 0 Å². The van der Waals surface area contributed by atoms with Crippen LogP contribution in [-0.2, 0) is 24.3 Å². The van der Waals surface area contributed by atoms with Gasteiger partial charge in [0.15, 0.2) is 0 Å². The second-order valence-corrected chi connectivity index (χ2v) is 15.5. The van der Waals surface area contributed by atoms with Crippen molar-refractivity contribution in [3.05, 3.63) is 53.6 Å². The van der Waals surface area contributed by atoms with E-state index in [0.717, 1.165) is 42.4 Å². The average molecular weight is 696 g/mol. The molecule has 2 aliphatic rings. The summed E-state index contributed by atoms with van der Waals surface area (Å²) in [6.07, 6.45) is 6.56. The van der Waals surface area contributed by atoms with E-state index in [1.54, 1.807) is 18.2 Å². The number of amidine groups is 1. The first kappa shape index (κ1) is 38.2. The van der Waals surface area contributed by atoms with Crippen LogP contribution in [-0.4, -0.2) is 91.9 Å². The quantitative estimate of drug-likeness (QED) is 0.188. The number of nitrogens with one attached hydrogen (secondary N) is 1. The zero-order valence-corrected chi connectivity index (χ0v) is 30.2. The summed E-state index contributed by atoms with van der Waals surface area (Å²) in [7, 11) is -3.66. The van der Waals surface area contributed by atoms with Gasteiger partial charge < -0.3 is 25.8 Å². The van der Waals surface area contributed by atoms with Gasteiger partial charge in [-0.1, -0.05) is 31.2 Å². The topological polar surface area (TPSA) is 155 Å². The van der Waals surface area contributed by atoms with Gasteiger partial charge in [-0.15, -0.1) is 0 Å². The highest BCUT2D eigenvalue weighted by atomic mass is 32.2. The number of ether oxygens (including phenoxy) is 1. The summed E-state index contributed by atoms with van der Waals surface area (Å²) in [5.74, 6) is 0.281. The first-order chi connectivity index (χ1) is 23.4. The van der Waals surface area contributed by atoms with Gasteiger partial charge in [0.05, 0.1) is 16.2 Å². The normalized spacial score (nSPS) is 15.4. The molecule has 11 nitrogen and oxygen atoms in total. The van der Waals surface area contributed by atoms with Crippen molar-refractivity contribution in [2.24, 2.45) is 16.6 Å². The first-order valence-electron chi connectivity index (χ1n) is 17.5. The van der Waals surface area contributed by atoms with Crippen LogP contribution in [0.2, 0.25) is 0 Å². The lowest BCUT2D eigenvalue weighted by Gasteiger charge is -2.36. The lowest BCUT2D eigenvalue weighted by molar-refractivity contribution is -0.127. The van der Waals surface area contributed by atoms with Crippen molar-refractivity contribution >= 4 is 39.4 Å². The molecule has 2 amide bonds. The Bertz CT molecular complexity index is 1630. The fourth-order valence-electron chi connectivity index (χ4n) is 6.11. The molecule has 2 aliphatic heterocycles. The number of aliphatic hydroxyl groups is 1. The summed E-state index contributed by atoms with van der Waals surface area (Å²) < 4.78 is 33.3. The molecule has 0 unspecified atom stereocenters. The van der Waals surface area contributed by atoms with Crippen LogP contribution in [0.1, 0.15) is 78.2 Å². The Balaban J connectivity index is 1.36. The van der Waals surface area contributed by atoms with Crippen molar-refractivity contribution in [1.82, 2.24) is 14.5 Å². The molecule has 0 radical (unpaired) electrons. The van der Waals surface area contributed by atoms with Crippen LogP contribution >= 0.6 is 0 Å². The SMILES string of the molecule is CCCN(CCCCCNC(=O)CCC(C)(C)OCC)C(=O)C1=Cc2ccc(-c3cccc(S(=O)(=O)N4CC(CO)C4)c3)cc2N=C(N)C1. The molecular formula is C37H53N5O6S. The first-order valence-corrected chi connectivity index (χ1v) is 18.9. The van der Waals surface area contributed by atoms with Gasteiger partial charge in [0.1, 0.15) is 5.84 Å². The van der Waals surface area contributed by atoms with Crippen molar-refractivity contribution in [1.29, 1.82) is 0 Å². The summed E-state index contributed by atoms with van der Waals surface area (Å²) in [5.41, 5.74) is 9.49. The molecule has 0 atom stereocenters. The molecule has 49 heavy (non-hydrogen) atoms. The number of carbonyl (C=O) groups excluding carboxylic acids is 2. The highest BCUT2D eigenvalue weighted by Crippen LogP contribution is 2.34. The number of fused-ring (bicyclic) bond motifs is 1. The summed E-state index contributed by atoms with van der Waals surface area (Å²) in [5, 5.41) is 12.3. The van der Waals surface area contributed by atoms with Gasteiger partial charge in [0.25, 0.3) is 0 Å². The molecule has 2 aromatic carbocycles. The van der Waals surface area contributed by atoms with E-state index in [-0.39, 0.29) is 41.3 Å². The summed E-state index contributed by atoms with van der Waals surface area (Å²) >= 11 is 0. The Morgan fingerprint density at radius 2 is 1.84 bits per heavy atom. The van der Waals surface area contributed by atoms with Gasteiger partial charge in [0.2, 0.25) is 21.8 Å². The van der Waals surface area contributed by atoms with Crippen LogP contribution < -0.4 is 11.1 Å². The van der Waals surface area contributed by atoms with Crippen LogP contribution in [0.4, 0.5) is 5.69 Å². The number of amides is 2. The molecule has 0 saturated carbocycles. The number of aliphatic imine (C=N–C) groups is 1. The highest BCUT2D eigenvalue weighted by Gasteiger charge is 2.36. The largest absolute Gasteiger partial charge is 0.396 e. The zero-order valence-electron chi connectivity index (χ0n) is 29.4. The molecule has 4 rings (SSSR count). The molecule has 0 bridgehead atoms. The third kappa shape index (κ3) is 10.5. The lowest BCUT2D eigenvalue weighted by Crippen LogP contribution is -2.51. The minimum absolute atomic E-state index is 0.0232. The van der Waals surface area contributed by atoms with Crippen LogP contribution in [0, 0.1) is 5.92 Å². The molecule has 0 aliphatic carbocycles. The molecule has 268 valence electrons. The predicted octanol–water partition coefficient (Wildman–Crippen LogP) is 4.86. The van der Waals surface area contributed by atoms with Crippen molar-refractivity contribution in [3.8, 4) is 11.1 Å². The summed E-state index contributed by atoms with van der Waals surface area (Å²) in [4.78, 5) is 32.7.